The third kappa shape index (κ3) is 3.45. The largest absolute Gasteiger partial charge is 0.493 e. The maximum atomic E-state index is 12.9. The van der Waals surface area contributed by atoms with Gasteiger partial charge in [0.2, 0.25) is 0 Å². The van der Waals surface area contributed by atoms with Gasteiger partial charge in [-0.15, -0.1) is 0 Å². The number of para-hydroxylation sites is 1. The molecule has 7 heteroatoms. The Bertz CT molecular complexity index is 1000. The van der Waals surface area contributed by atoms with Crippen LogP contribution in [0.4, 0.5) is 0 Å². The third-order valence-corrected chi connectivity index (χ3v) is 5.08. The van der Waals surface area contributed by atoms with Gasteiger partial charge in [-0.1, -0.05) is 12.1 Å². The summed E-state index contributed by atoms with van der Waals surface area (Å²) in [6, 6.07) is 8.83. The van der Waals surface area contributed by atoms with Crippen LogP contribution < -0.4 is 10.4 Å². The quantitative estimate of drug-likeness (QED) is 0.662. The number of carbonyl (C=O) groups excluding carboxylic acids is 1. The number of carbonyl (C=O) groups is 1. The number of likely N-dealkylation sites (tertiary alicyclic amines) is 1. The molecule has 0 aliphatic carbocycles. The molecule has 1 saturated heterocycles. The SMILES string of the molecule is COc1cccc2cc(C(=O)N3CCC(Cn4cccn4)CC3)c(=O)oc12. The Labute approximate surface area is 156 Å². The number of fused-ring (bicyclic) bond motifs is 1. The van der Waals surface area contributed by atoms with Crippen molar-refractivity contribution in [3.63, 3.8) is 0 Å². The molecule has 27 heavy (non-hydrogen) atoms. The molecule has 3 heterocycles. The number of nitrogens with zero attached hydrogens (tertiary/aromatic N) is 3. The summed E-state index contributed by atoms with van der Waals surface area (Å²) in [5, 5.41) is 4.91. The molecule has 1 aliphatic rings. The van der Waals surface area contributed by atoms with E-state index in [0.717, 1.165) is 19.4 Å². The third-order valence-electron chi connectivity index (χ3n) is 5.08. The van der Waals surface area contributed by atoms with Crippen molar-refractivity contribution >= 4 is 16.9 Å². The lowest BCUT2D eigenvalue weighted by atomic mass is 9.96. The lowest BCUT2D eigenvalue weighted by Crippen LogP contribution is -2.41. The van der Waals surface area contributed by atoms with Gasteiger partial charge >= 0.3 is 5.63 Å². The van der Waals surface area contributed by atoms with E-state index < -0.39 is 5.63 Å². The topological polar surface area (TPSA) is 77.6 Å². The van der Waals surface area contributed by atoms with Gasteiger partial charge in [0.15, 0.2) is 11.3 Å². The van der Waals surface area contributed by atoms with Crippen molar-refractivity contribution in [3.05, 3.63) is 58.7 Å². The first kappa shape index (κ1) is 17.3. The van der Waals surface area contributed by atoms with E-state index in [0.29, 0.717) is 35.7 Å². The summed E-state index contributed by atoms with van der Waals surface area (Å²) < 4.78 is 12.5. The zero-order chi connectivity index (χ0) is 18.8. The fourth-order valence-corrected chi connectivity index (χ4v) is 3.59. The number of rotatable bonds is 4. The van der Waals surface area contributed by atoms with E-state index in [2.05, 4.69) is 5.10 Å². The van der Waals surface area contributed by atoms with Gasteiger partial charge in [-0.05, 0) is 37.0 Å². The second kappa shape index (κ2) is 7.26. The second-order valence-corrected chi connectivity index (χ2v) is 6.79. The molecule has 0 bridgehead atoms. The lowest BCUT2D eigenvalue weighted by molar-refractivity contribution is 0.0677. The van der Waals surface area contributed by atoms with Gasteiger partial charge in [0.25, 0.3) is 5.91 Å². The van der Waals surface area contributed by atoms with Crippen molar-refractivity contribution in [2.24, 2.45) is 5.92 Å². The van der Waals surface area contributed by atoms with Gasteiger partial charge < -0.3 is 14.1 Å². The summed E-state index contributed by atoms with van der Waals surface area (Å²) in [5.74, 6) is 0.681. The van der Waals surface area contributed by atoms with E-state index in [1.165, 1.54) is 7.11 Å². The Balaban J connectivity index is 1.50. The maximum Gasteiger partial charge on any atom is 0.349 e. The van der Waals surface area contributed by atoms with E-state index in [1.54, 1.807) is 35.4 Å². The molecule has 0 atom stereocenters. The van der Waals surface area contributed by atoms with Crippen molar-refractivity contribution < 1.29 is 13.9 Å². The number of ether oxygens (including phenoxy) is 1. The molecule has 1 aromatic carbocycles. The van der Waals surface area contributed by atoms with Gasteiger partial charge in [-0.3, -0.25) is 9.48 Å². The molecule has 140 valence electrons. The maximum absolute atomic E-state index is 12.9. The summed E-state index contributed by atoms with van der Waals surface area (Å²) in [6.07, 6.45) is 5.50. The number of methoxy groups -OCH3 is 1. The Kier molecular flexibility index (Phi) is 4.66. The van der Waals surface area contributed by atoms with Crippen LogP contribution in [-0.2, 0) is 6.54 Å². The van der Waals surface area contributed by atoms with E-state index >= 15 is 0 Å². The van der Waals surface area contributed by atoms with Crippen LogP contribution >= 0.6 is 0 Å². The fraction of sp³-hybridized carbons (Fsp3) is 0.350. The first-order valence-corrected chi connectivity index (χ1v) is 9.03. The second-order valence-electron chi connectivity index (χ2n) is 6.79. The van der Waals surface area contributed by atoms with Crippen LogP contribution in [0.25, 0.3) is 11.0 Å². The van der Waals surface area contributed by atoms with Gasteiger partial charge in [0.1, 0.15) is 5.56 Å². The fourth-order valence-electron chi connectivity index (χ4n) is 3.59. The summed E-state index contributed by atoms with van der Waals surface area (Å²) >= 11 is 0. The first-order chi connectivity index (χ1) is 13.2. The van der Waals surface area contributed by atoms with Crippen molar-refractivity contribution in [1.29, 1.82) is 0 Å². The number of benzene rings is 1. The standard InChI is InChI=1S/C20H21N3O4/c1-26-17-5-2-4-15-12-16(20(25)27-18(15)17)19(24)22-10-6-14(7-11-22)13-23-9-3-8-21-23/h2-5,8-9,12,14H,6-7,10-11,13H2,1H3. The highest BCUT2D eigenvalue weighted by molar-refractivity contribution is 5.97. The monoisotopic (exact) mass is 367 g/mol. The Morgan fingerprint density at radius 3 is 2.81 bits per heavy atom. The molecular formula is C20H21N3O4. The molecule has 0 N–H and O–H groups in total. The van der Waals surface area contributed by atoms with E-state index in [4.69, 9.17) is 9.15 Å². The minimum absolute atomic E-state index is 0.0706. The van der Waals surface area contributed by atoms with Crippen LogP contribution in [-0.4, -0.2) is 40.8 Å². The van der Waals surface area contributed by atoms with Crippen LogP contribution in [0.3, 0.4) is 0 Å². The Morgan fingerprint density at radius 1 is 1.30 bits per heavy atom. The average Bonchev–Trinajstić information content (AvgIpc) is 3.20. The smallest absolute Gasteiger partial charge is 0.349 e. The highest BCUT2D eigenvalue weighted by atomic mass is 16.5. The van der Waals surface area contributed by atoms with Crippen LogP contribution in [0.15, 0.2) is 51.9 Å². The number of aromatic nitrogens is 2. The van der Waals surface area contributed by atoms with Gasteiger partial charge in [0, 0.05) is 37.4 Å². The molecule has 1 aliphatic heterocycles. The van der Waals surface area contributed by atoms with E-state index in [9.17, 15) is 9.59 Å². The van der Waals surface area contributed by atoms with Crippen LogP contribution in [0.5, 0.6) is 5.75 Å². The van der Waals surface area contributed by atoms with Gasteiger partial charge in [-0.25, -0.2) is 4.79 Å². The average molecular weight is 367 g/mol. The molecule has 0 unspecified atom stereocenters. The Hall–Kier alpha value is -3.09. The van der Waals surface area contributed by atoms with Crippen LogP contribution in [0.2, 0.25) is 0 Å². The molecule has 1 amide bonds. The normalized spacial score (nSPS) is 15.2. The number of hydrogen-bond donors (Lipinski definition) is 0. The summed E-state index contributed by atoms with van der Waals surface area (Å²) in [6.45, 7) is 2.10. The molecule has 7 nitrogen and oxygen atoms in total. The van der Waals surface area contributed by atoms with E-state index in [-0.39, 0.29) is 11.5 Å². The number of piperidine rings is 1. The number of amides is 1. The van der Waals surface area contributed by atoms with Crippen molar-refractivity contribution in [2.45, 2.75) is 19.4 Å². The molecule has 3 aromatic rings. The molecular weight excluding hydrogens is 346 g/mol. The highest BCUT2D eigenvalue weighted by Crippen LogP contribution is 2.25. The van der Waals surface area contributed by atoms with Crippen LogP contribution in [0.1, 0.15) is 23.2 Å². The first-order valence-electron chi connectivity index (χ1n) is 9.03. The minimum Gasteiger partial charge on any atom is -0.493 e. The summed E-state index contributed by atoms with van der Waals surface area (Å²) in [4.78, 5) is 27.0. The molecule has 0 radical (unpaired) electrons. The van der Waals surface area contributed by atoms with E-state index in [1.807, 2.05) is 16.9 Å². The molecule has 2 aromatic heterocycles. The van der Waals surface area contributed by atoms with Crippen LogP contribution in [0, 0.1) is 5.92 Å². The number of hydrogen-bond acceptors (Lipinski definition) is 5. The lowest BCUT2D eigenvalue weighted by Gasteiger charge is -2.31. The van der Waals surface area contributed by atoms with Crippen molar-refractivity contribution in [3.8, 4) is 5.75 Å². The molecule has 0 spiro atoms. The zero-order valence-corrected chi connectivity index (χ0v) is 15.1. The highest BCUT2D eigenvalue weighted by Gasteiger charge is 2.26. The molecule has 0 saturated carbocycles. The Morgan fingerprint density at radius 2 is 2.11 bits per heavy atom. The van der Waals surface area contributed by atoms with Gasteiger partial charge in [-0.2, -0.15) is 5.10 Å². The predicted octanol–water partition coefficient (Wildman–Crippen LogP) is 2.55. The minimum atomic E-state index is -0.629. The molecule has 4 rings (SSSR count). The van der Waals surface area contributed by atoms with Crippen molar-refractivity contribution in [2.75, 3.05) is 20.2 Å². The summed E-state index contributed by atoms with van der Waals surface area (Å²) in [7, 11) is 1.52. The van der Waals surface area contributed by atoms with Gasteiger partial charge in [0.05, 0.1) is 7.11 Å². The zero-order valence-electron chi connectivity index (χ0n) is 15.1. The van der Waals surface area contributed by atoms with Crippen molar-refractivity contribution in [1.82, 2.24) is 14.7 Å². The predicted molar refractivity (Wildman–Crippen MR) is 99.9 cm³/mol. The summed E-state index contributed by atoms with van der Waals surface area (Å²) in [5.41, 5.74) is -0.198. The molecule has 1 fully saturated rings.